The molecule has 0 bridgehead atoms. The SMILES string of the molecule is CC(O)=[N+](O)CCC[C@@H]1NC(=O)[C@H](CCC/[N+](O)=C(\C)O)NC(=O)CNC(=O)[C@@H](CO)NC(=O)CNC(=O)[C@H](CCC/[N+](O)=C(\C)O)NC1=O.[Fe]. The van der Waals surface area contributed by atoms with Crippen LogP contribution in [0.2, 0.25) is 0 Å². The molecule has 22 nitrogen and oxygen atoms in total. The molecule has 6 amide bonds. The average Bonchev–Trinajstić information content (AvgIpc) is 3.05. The zero-order valence-corrected chi connectivity index (χ0v) is 29.7. The summed E-state index contributed by atoms with van der Waals surface area (Å²) in [7, 11) is 0. The van der Waals surface area contributed by atoms with Crippen LogP contribution in [0.25, 0.3) is 0 Å². The molecule has 51 heavy (non-hydrogen) atoms. The quantitative estimate of drug-likeness (QED) is 0.0210. The minimum Gasteiger partial charge on any atom is -0.461 e. The van der Waals surface area contributed by atoms with Gasteiger partial charge in [0.15, 0.2) is 19.6 Å². The second-order valence-corrected chi connectivity index (χ2v) is 11.4. The molecule has 1 rings (SSSR count). The summed E-state index contributed by atoms with van der Waals surface area (Å²) in [5.41, 5.74) is 0. The fraction of sp³-hybridized carbons (Fsp3) is 0.679. The van der Waals surface area contributed by atoms with Crippen molar-refractivity contribution in [1.29, 1.82) is 0 Å². The Balaban J connectivity index is 0.0000250. The standard InChI is InChI=1S/C28H47N9O13.Fe/c1-16(39)35(48)10-4-7-19-25(44)29-14-24(43)32-22(15-38)26(45)30-13-23(42)31-20(8-5-11-36(49)17(2)40)27(46)34-21(28(47)33-19)9-6-12-37(50)18(3)41;/h19-22,38,48-50H,4-15H2,1-3H3,(H6,29,30,31,32,33,34,42,43,44,45,46,47);/p+3/t19-,20-,21-,22+;/m0./s1. The number of aliphatic hydroxyl groups is 4. The first-order valence-electron chi connectivity index (χ1n) is 15.8. The summed E-state index contributed by atoms with van der Waals surface area (Å²) in [6, 6.07) is -5.67. The number of rotatable bonds is 13. The van der Waals surface area contributed by atoms with Gasteiger partial charge in [-0.25, -0.2) is 0 Å². The molecule has 290 valence electrons. The van der Waals surface area contributed by atoms with Gasteiger partial charge in [-0.2, -0.15) is 0 Å². The van der Waals surface area contributed by atoms with Gasteiger partial charge in [0.2, 0.25) is 35.4 Å². The Bertz CT molecular complexity index is 1300. The van der Waals surface area contributed by atoms with E-state index in [4.69, 9.17) is 0 Å². The number of hydrogen-bond acceptors (Lipinski definition) is 10. The van der Waals surface area contributed by atoms with E-state index in [0.717, 1.165) is 0 Å². The molecule has 0 aliphatic carbocycles. The molecule has 1 aliphatic heterocycles. The summed E-state index contributed by atoms with van der Waals surface area (Å²) >= 11 is 0. The molecule has 1 saturated heterocycles. The molecule has 23 heteroatoms. The van der Waals surface area contributed by atoms with Crippen molar-refractivity contribution < 1.29 is 96.1 Å². The van der Waals surface area contributed by atoms with E-state index in [9.17, 15) is 64.8 Å². The Morgan fingerprint density at radius 3 is 1.18 bits per heavy atom. The second kappa shape index (κ2) is 23.5. The molecule has 1 heterocycles. The van der Waals surface area contributed by atoms with Crippen LogP contribution < -0.4 is 31.9 Å². The first kappa shape index (κ1) is 46.1. The van der Waals surface area contributed by atoms with Gasteiger partial charge in [0.1, 0.15) is 24.2 Å². The number of nitrogens with one attached hydrogen (secondary N) is 6. The molecule has 0 saturated carbocycles. The Labute approximate surface area is 303 Å². The van der Waals surface area contributed by atoms with Crippen LogP contribution in [-0.2, 0) is 45.8 Å². The summed E-state index contributed by atoms with van der Waals surface area (Å²) < 4.78 is 1.51. The zero-order chi connectivity index (χ0) is 38.0. The van der Waals surface area contributed by atoms with E-state index in [1.807, 2.05) is 0 Å². The number of carbonyl (C=O) groups excluding carboxylic acids is 6. The van der Waals surface area contributed by atoms with E-state index in [1.165, 1.54) is 20.8 Å². The van der Waals surface area contributed by atoms with Crippen molar-refractivity contribution in [2.24, 2.45) is 0 Å². The van der Waals surface area contributed by atoms with E-state index in [2.05, 4.69) is 31.9 Å². The summed E-state index contributed by atoms with van der Waals surface area (Å²) in [6.07, 6.45) is -0.401. The van der Waals surface area contributed by atoms with Gasteiger partial charge in [-0.15, -0.1) is 0 Å². The van der Waals surface area contributed by atoms with Crippen LogP contribution in [0, 0.1) is 0 Å². The van der Waals surface area contributed by atoms with Crippen LogP contribution in [0.1, 0.15) is 59.3 Å². The Hall–Kier alpha value is -4.89. The predicted molar refractivity (Wildman–Crippen MR) is 169 cm³/mol. The van der Waals surface area contributed by atoms with Gasteiger partial charge in [0.25, 0.3) is 0 Å². The van der Waals surface area contributed by atoms with Crippen LogP contribution >= 0.6 is 0 Å². The van der Waals surface area contributed by atoms with Gasteiger partial charge < -0.3 is 52.3 Å². The van der Waals surface area contributed by atoms with E-state index in [-0.39, 0.29) is 75.2 Å². The third-order valence-electron chi connectivity index (χ3n) is 7.31. The first-order valence-corrected chi connectivity index (χ1v) is 15.8. The maximum absolute atomic E-state index is 13.6. The number of carbonyl (C=O) groups is 6. The van der Waals surface area contributed by atoms with Crippen LogP contribution in [0.4, 0.5) is 0 Å². The smallest absolute Gasteiger partial charge is 0.379 e. The summed E-state index contributed by atoms with van der Waals surface area (Å²) in [5, 5.41) is 81.6. The van der Waals surface area contributed by atoms with Gasteiger partial charge in [-0.3, -0.25) is 44.4 Å². The molecule has 1 aliphatic rings. The first-order chi connectivity index (χ1) is 23.5. The normalized spacial score (nSPS) is 22.8. The average molecular weight is 777 g/mol. The third kappa shape index (κ3) is 17.6. The number of amides is 6. The summed E-state index contributed by atoms with van der Waals surface area (Å²) in [6.45, 7) is 0.844. The Morgan fingerprint density at radius 2 is 0.843 bits per heavy atom. The summed E-state index contributed by atoms with van der Waals surface area (Å²) in [5.74, 6) is -6.71. The van der Waals surface area contributed by atoms with Crippen molar-refractivity contribution in [2.75, 3.05) is 39.3 Å². The summed E-state index contributed by atoms with van der Waals surface area (Å²) in [4.78, 5) is 78.2. The molecule has 0 aromatic heterocycles. The zero-order valence-electron chi connectivity index (χ0n) is 28.6. The van der Waals surface area contributed by atoms with Gasteiger partial charge in [-0.05, 0) is 19.3 Å². The second-order valence-electron chi connectivity index (χ2n) is 11.4. The van der Waals surface area contributed by atoms with Crippen LogP contribution in [0.5, 0.6) is 0 Å². The van der Waals surface area contributed by atoms with E-state index in [0.29, 0.717) is 14.2 Å². The third-order valence-corrected chi connectivity index (χ3v) is 7.31. The Kier molecular flexibility index (Phi) is 21.2. The number of hydrogen-bond donors (Lipinski definition) is 13. The van der Waals surface area contributed by atoms with Crippen molar-refractivity contribution in [1.82, 2.24) is 31.9 Å². The minimum atomic E-state index is -1.52. The topological polar surface area (TPSA) is 325 Å². The Morgan fingerprint density at radius 1 is 0.549 bits per heavy atom. The van der Waals surface area contributed by atoms with Crippen molar-refractivity contribution in [2.45, 2.75) is 83.5 Å². The number of aliphatic hydroxyl groups excluding tert-OH is 4. The van der Waals surface area contributed by atoms with Gasteiger partial charge in [0, 0.05) is 50.5 Å². The van der Waals surface area contributed by atoms with E-state index >= 15 is 0 Å². The van der Waals surface area contributed by atoms with Gasteiger partial charge in [-0.1, -0.05) is 0 Å². The van der Waals surface area contributed by atoms with Gasteiger partial charge in [0.05, 0.1) is 40.5 Å². The van der Waals surface area contributed by atoms with Crippen molar-refractivity contribution in [3.8, 4) is 0 Å². The van der Waals surface area contributed by atoms with Gasteiger partial charge >= 0.3 is 17.7 Å². The van der Waals surface area contributed by atoms with Crippen LogP contribution in [0.15, 0.2) is 0 Å². The monoisotopic (exact) mass is 776 g/mol. The minimum absolute atomic E-state index is 0. The largest absolute Gasteiger partial charge is 0.461 e. The van der Waals surface area contributed by atoms with Crippen molar-refractivity contribution in [3.05, 3.63) is 0 Å². The van der Waals surface area contributed by atoms with Crippen LogP contribution in [-0.4, -0.2) is 167 Å². The maximum Gasteiger partial charge on any atom is 0.379 e. The molecule has 13 N–H and O–H groups in total. The number of hydroxylamine groups is 3. The molecule has 0 spiro atoms. The molecular formula is C28H50FeN9O13+3. The molecular weight excluding hydrogens is 726 g/mol. The molecule has 1 fully saturated rings. The van der Waals surface area contributed by atoms with E-state index < -0.39 is 97.0 Å². The van der Waals surface area contributed by atoms with Crippen molar-refractivity contribution >= 4 is 53.1 Å². The molecule has 4 atom stereocenters. The fourth-order valence-electron chi connectivity index (χ4n) is 4.44. The molecule has 0 aromatic rings. The molecule has 0 unspecified atom stereocenters. The van der Waals surface area contributed by atoms with Crippen molar-refractivity contribution in [3.63, 3.8) is 0 Å². The molecule has 0 radical (unpaired) electrons. The number of nitrogens with zero attached hydrogens (tertiary/aromatic N) is 3. The fourth-order valence-corrected chi connectivity index (χ4v) is 4.44. The maximum atomic E-state index is 13.6. The van der Waals surface area contributed by atoms with E-state index in [1.54, 1.807) is 0 Å². The predicted octanol–water partition coefficient (Wildman–Crippen LogP) is -4.36. The molecule has 0 aromatic carbocycles. The van der Waals surface area contributed by atoms with Crippen LogP contribution in [0.3, 0.4) is 0 Å².